The van der Waals surface area contributed by atoms with E-state index in [9.17, 15) is 13.2 Å². The Hall–Kier alpha value is -3.07. The number of rotatable bonds is 9. The fourth-order valence-corrected chi connectivity index (χ4v) is 4.35. The first-order valence-corrected chi connectivity index (χ1v) is 11.6. The first kappa shape index (κ1) is 23.6. The van der Waals surface area contributed by atoms with E-state index in [1.165, 1.54) is 32.2 Å². The van der Waals surface area contributed by atoms with Gasteiger partial charge in [0.25, 0.3) is 0 Å². The molecule has 3 aromatic carbocycles. The molecule has 0 fully saturated rings. The number of carbonyl (C=O) groups excluding carboxylic acids is 1. The van der Waals surface area contributed by atoms with Gasteiger partial charge in [0.05, 0.1) is 23.1 Å². The van der Waals surface area contributed by atoms with Crippen LogP contribution in [0.5, 0.6) is 11.5 Å². The minimum Gasteiger partial charge on any atom is -0.495 e. The highest BCUT2D eigenvalue weighted by Gasteiger charge is 2.23. The van der Waals surface area contributed by atoms with Crippen molar-refractivity contribution >= 4 is 33.2 Å². The molecule has 0 unspecified atom stereocenters. The molecule has 0 radical (unpaired) electrons. The predicted molar refractivity (Wildman–Crippen MR) is 124 cm³/mol. The second-order valence-electron chi connectivity index (χ2n) is 6.93. The van der Waals surface area contributed by atoms with Crippen molar-refractivity contribution in [2.45, 2.75) is 24.5 Å². The standard InChI is InChI=1S/C23H23ClN2O5S/c1-16(26-32(28,29)20-12-13-22(30-2)21(24)14-20)23(27)25-18-8-10-19(11-9-18)31-15-17-6-4-3-5-7-17/h3-14,16,26H,15H2,1-2H3,(H,25,27)/t16-/m0/s1. The van der Waals surface area contributed by atoms with Gasteiger partial charge in [0.1, 0.15) is 18.1 Å². The van der Waals surface area contributed by atoms with Crippen LogP contribution in [0.15, 0.2) is 77.7 Å². The molecule has 0 spiro atoms. The van der Waals surface area contributed by atoms with Gasteiger partial charge in [0.2, 0.25) is 15.9 Å². The van der Waals surface area contributed by atoms with Crippen LogP contribution in [0.1, 0.15) is 12.5 Å². The number of amides is 1. The van der Waals surface area contributed by atoms with Gasteiger partial charge < -0.3 is 14.8 Å². The largest absolute Gasteiger partial charge is 0.495 e. The Morgan fingerprint density at radius 3 is 2.34 bits per heavy atom. The van der Waals surface area contributed by atoms with Crippen molar-refractivity contribution in [2.24, 2.45) is 0 Å². The first-order chi connectivity index (χ1) is 15.3. The number of carbonyl (C=O) groups is 1. The molecule has 0 saturated heterocycles. The van der Waals surface area contributed by atoms with E-state index in [0.717, 1.165) is 5.56 Å². The SMILES string of the molecule is COc1ccc(S(=O)(=O)N[C@@H](C)C(=O)Nc2ccc(OCc3ccccc3)cc2)cc1Cl. The normalized spacial score (nSPS) is 12.1. The van der Waals surface area contributed by atoms with Crippen LogP contribution < -0.4 is 19.5 Å². The monoisotopic (exact) mass is 474 g/mol. The van der Waals surface area contributed by atoms with E-state index in [1.807, 2.05) is 30.3 Å². The lowest BCUT2D eigenvalue weighted by Gasteiger charge is -2.15. The summed E-state index contributed by atoms with van der Waals surface area (Å²) in [6, 6.07) is 19.6. The number of hydrogen-bond donors (Lipinski definition) is 2. The van der Waals surface area contributed by atoms with Crippen LogP contribution in [-0.2, 0) is 21.4 Å². The number of nitrogens with one attached hydrogen (secondary N) is 2. The zero-order chi connectivity index (χ0) is 23.1. The van der Waals surface area contributed by atoms with E-state index >= 15 is 0 Å². The van der Waals surface area contributed by atoms with E-state index in [2.05, 4.69) is 10.0 Å². The Balaban J connectivity index is 1.57. The van der Waals surface area contributed by atoms with Gasteiger partial charge in [-0.25, -0.2) is 8.42 Å². The zero-order valence-corrected chi connectivity index (χ0v) is 19.1. The maximum Gasteiger partial charge on any atom is 0.242 e. The summed E-state index contributed by atoms with van der Waals surface area (Å²) in [7, 11) is -2.52. The molecule has 3 rings (SSSR count). The number of hydrogen-bond acceptors (Lipinski definition) is 5. The molecule has 1 atom stereocenters. The maximum absolute atomic E-state index is 12.6. The van der Waals surface area contributed by atoms with E-state index in [-0.39, 0.29) is 9.92 Å². The second kappa shape index (κ2) is 10.5. The van der Waals surface area contributed by atoms with Gasteiger partial charge in [-0.15, -0.1) is 0 Å². The summed E-state index contributed by atoms with van der Waals surface area (Å²) in [5, 5.41) is 2.83. The molecular formula is C23H23ClN2O5S. The predicted octanol–water partition coefficient (Wildman–Crippen LogP) is 4.23. The number of halogens is 1. The third kappa shape index (κ3) is 6.23. The van der Waals surface area contributed by atoms with E-state index in [1.54, 1.807) is 24.3 Å². The van der Waals surface area contributed by atoms with Crippen LogP contribution in [0.2, 0.25) is 5.02 Å². The summed E-state index contributed by atoms with van der Waals surface area (Å²) in [5.41, 5.74) is 1.56. The fourth-order valence-electron chi connectivity index (χ4n) is 2.79. The lowest BCUT2D eigenvalue weighted by Crippen LogP contribution is -2.41. The van der Waals surface area contributed by atoms with Crippen LogP contribution in [-0.4, -0.2) is 27.5 Å². The van der Waals surface area contributed by atoms with Crippen LogP contribution in [0.4, 0.5) is 5.69 Å². The Labute approximate surface area is 192 Å². The van der Waals surface area contributed by atoms with Crippen molar-refractivity contribution in [3.05, 3.63) is 83.4 Å². The lowest BCUT2D eigenvalue weighted by atomic mass is 10.2. The average Bonchev–Trinajstić information content (AvgIpc) is 2.79. The molecule has 32 heavy (non-hydrogen) atoms. The maximum atomic E-state index is 12.6. The summed E-state index contributed by atoms with van der Waals surface area (Å²) >= 11 is 6.01. The summed E-state index contributed by atoms with van der Waals surface area (Å²) in [6.45, 7) is 1.89. The Morgan fingerprint density at radius 2 is 1.72 bits per heavy atom. The molecule has 9 heteroatoms. The summed E-state index contributed by atoms with van der Waals surface area (Å²) in [4.78, 5) is 12.4. The smallest absolute Gasteiger partial charge is 0.242 e. The number of benzene rings is 3. The highest BCUT2D eigenvalue weighted by molar-refractivity contribution is 7.89. The number of ether oxygens (including phenoxy) is 2. The molecule has 168 valence electrons. The van der Waals surface area contributed by atoms with Gasteiger partial charge in [0, 0.05) is 5.69 Å². The molecule has 0 aliphatic rings. The Bertz CT molecular complexity index is 1170. The van der Waals surface area contributed by atoms with Crippen molar-refractivity contribution in [3.63, 3.8) is 0 Å². The van der Waals surface area contributed by atoms with Gasteiger partial charge in [-0.3, -0.25) is 4.79 Å². The van der Waals surface area contributed by atoms with Gasteiger partial charge in [0.15, 0.2) is 0 Å². The van der Waals surface area contributed by atoms with E-state index in [0.29, 0.717) is 23.8 Å². The minimum atomic E-state index is -3.96. The zero-order valence-electron chi connectivity index (χ0n) is 17.5. The molecule has 1 amide bonds. The molecule has 3 aromatic rings. The summed E-state index contributed by atoms with van der Waals surface area (Å²) in [5.74, 6) is 0.496. The highest BCUT2D eigenvalue weighted by Crippen LogP contribution is 2.27. The summed E-state index contributed by atoms with van der Waals surface area (Å²) in [6.07, 6.45) is 0. The molecule has 2 N–H and O–H groups in total. The van der Waals surface area contributed by atoms with Crippen LogP contribution >= 0.6 is 11.6 Å². The third-order valence-corrected chi connectivity index (χ3v) is 6.36. The molecule has 0 aliphatic carbocycles. The molecule has 0 aliphatic heterocycles. The topological polar surface area (TPSA) is 93.7 Å². The van der Waals surface area contributed by atoms with Crippen molar-refractivity contribution < 1.29 is 22.7 Å². The summed E-state index contributed by atoms with van der Waals surface area (Å²) < 4.78 is 38.2. The highest BCUT2D eigenvalue weighted by atomic mass is 35.5. The molecule has 0 heterocycles. The van der Waals surface area contributed by atoms with Crippen LogP contribution in [0, 0.1) is 0 Å². The average molecular weight is 475 g/mol. The molecular weight excluding hydrogens is 452 g/mol. The van der Waals surface area contributed by atoms with Crippen molar-refractivity contribution in [2.75, 3.05) is 12.4 Å². The van der Waals surface area contributed by atoms with E-state index in [4.69, 9.17) is 21.1 Å². The van der Waals surface area contributed by atoms with Gasteiger partial charge in [-0.2, -0.15) is 4.72 Å². The lowest BCUT2D eigenvalue weighted by molar-refractivity contribution is -0.117. The van der Waals surface area contributed by atoms with E-state index < -0.39 is 22.0 Å². The fraction of sp³-hybridized carbons (Fsp3) is 0.174. The number of methoxy groups -OCH3 is 1. The van der Waals surface area contributed by atoms with Crippen molar-refractivity contribution in [3.8, 4) is 11.5 Å². The van der Waals surface area contributed by atoms with Crippen LogP contribution in [0.25, 0.3) is 0 Å². The van der Waals surface area contributed by atoms with Gasteiger partial charge >= 0.3 is 0 Å². The number of sulfonamides is 1. The number of anilines is 1. The second-order valence-corrected chi connectivity index (χ2v) is 9.05. The molecule has 0 saturated carbocycles. The van der Waals surface area contributed by atoms with Crippen molar-refractivity contribution in [1.29, 1.82) is 0 Å². The molecule has 7 nitrogen and oxygen atoms in total. The van der Waals surface area contributed by atoms with Gasteiger partial charge in [-0.1, -0.05) is 41.9 Å². The Morgan fingerprint density at radius 1 is 1.03 bits per heavy atom. The quantitative estimate of drug-likeness (QED) is 0.484. The first-order valence-electron chi connectivity index (χ1n) is 9.72. The molecule has 0 bridgehead atoms. The minimum absolute atomic E-state index is 0.0668. The van der Waals surface area contributed by atoms with Crippen LogP contribution in [0.3, 0.4) is 0 Å². The van der Waals surface area contributed by atoms with Gasteiger partial charge in [-0.05, 0) is 55.0 Å². The van der Waals surface area contributed by atoms with Crippen molar-refractivity contribution in [1.82, 2.24) is 4.72 Å². The Kier molecular flexibility index (Phi) is 7.74. The molecule has 0 aromatic heterocycles. The third-order valence-electron chi connectivity index (χ3n) is 4.53.